The number of hydrogen-bond acceptors (Lipinski definition) is 6. The number of carbonyl (C=O) groups excluding carboxylic acids is 2. The summed E-state index contributed by atoms with van der Waals surface area (Å²) in [5.74, 6) is 0.731. The number of esters is 2. The van der Waals surface area contributed by atoms with Crippen LogP contribution in [-0.2, 0) is 20.7 Å². The Morgan fingerprint density at radius 1 is 0.944 bits per heavy atom. The summed E-state index contributed by atoms with van der Waals surface area (Å²) in [6.45, 7) is 2.48. The molecule has 36 heavy (non-hydrogen) atoms. The van der Waals surface area contributed by atoms with Gasteiger partial charge in [-0.25, -0.2) is 4.79 Å². The molecular formula is C30H40N2O4. The van der Waals surface area contributed by atoms with E-state index in [4.69, 9.17) is 20.9 Å². The zero-order chi connectivity index (χ0) is 25.8. The highest BCUT2D eigenvalue weighted by Crippen LogP contribution is 2.33. The van der Waals surface area contributed by atoms with Gasteiger partial charge in [0, 0.05) is 23.9 Å². The number of carbonyl (C=O) groups is 2. The van der Waals surface area contributed by atoms with Gasteiger partial charge in [0.25, 0.3) is 0 Å². The summed E-state index contributed by atoms with van der Waals surface area (Å²) >= 11 is 0. The van der Waals surface area contributed by atoms with Gasteiger partial charge in [0.2, 0.25) is 0 Å². The summed E-state index contributed by atoms with van der Waals surface area (Å²) in [4.78, 5) is 24.6. The van der Waals surface area contributed by atoms with Crippen LogP contribution in [0.25, 0.3) is 6.08 Å². The smallest absolute Gasteiger partial charge is 0.330 e. The van der Waals surface area contributed by atoms with E-state index in [0.29, 0.717) is 23.5 Å². The molecule has 0 atom stereocenters. The first-order valence-electron chi connectivity index (χ1n) is 13.2. The Kier molecular flexibility index (Phi) is 10.9. The Morgan fingerprint density at radius 2 is 1.64 bits per heavy atom. The van der Waals surface area contributed by atoms with Gasteiger partial charge in [0.05, 0.1) is 12.5 Å². The van der Waals surface area contributed by atoms with Crippen LogP contribution in [0.4, 0.5) is 11.4 Å². The summed E-state index contributed by atoms with van der Waals surface area (Å²) in [5.41, 5.74) is 14.5. The van der Waals surface area contributed by atoms with Crippen LogP contribution in [0.3, 0.4) is 0 Å². The summed E-state index contributed by atoms with van der Waals surface area (Å²) in [7, 11) is 0. The van der Waals surface area contributed by atoms with Crippen LogP contribution in [-0.4, -0.2) is 18.5 Å². The molecule has 1 aliphatic carbocycles. The lowest BCUT2D eigenvalue weighted by Crippen LogP contribution is -2.25. The van der Waals surface area contributed by atoms with Crippen molar-refractivity contribution in [2.45, 2.75) is 71.1 Å². The van der Waals surface area contributed by atoms with E-state index < -0.39 is 5.97 Å². The fourth-order valence-corrected chi connectivity index (χ4v) is 4.76. The zero-order valence-electron chi connectivity index (χ0n) is 21.4. The average molecular weight is 493 g/mol. The van der Waals surface area contributed by atoms with Gasteiger partial charge in [0.15, 0.2) is 0 Å². The molecule has 6 heteroatoms. The van der Waals surface area contributed by atoms with Crippen molar-refractivity contribution in [1.29, 1.82) is 0 Å². The molecule has 1 aliphatic rings. The molecule has 0 radical (unpaired) electrons. The molecule has 0 amide bonds. The van der Waals surface area contributed by atoms with Crippen molar-refractivity contribution < 1.29 is 19.1 Å². The third kappa shape index (κ3) is 9.40. The largest absolute Gasteiger partial charge is 0.462 e. The van der Waals surface area contributed by atoms with Crippen molar-refractivity contribution in [3.05, 3.63) is 59.7 Å². The van der Waals surface area contributed by atoms with Gasteiger partial charge in [-0.1, -0.05) is 51.2 Å². The topological polar surface area (TPSA) is 105 Å². The molecule has 0 heterocycles. The van der Waals surface area contributed by atoms with E-state index >= 15 is 0 Å². The molecule has 3 rings (SSSR count). The first kappa shape index (κ1) is 27.3. The predicted octanol–water partition coefficient (Wildman–Crippen LogP) is 6.33. The molecule has 2 aromatic carbocycles. The predicted molar refractivity (Wildman–Crippen MR) is 145 cm³/mol. The zero-order valence-corrected chi connectivity index (χ0v) is 21.4. The highest BCUT2D eigenvalue weighted by molar-refractivity contribution is 5.87. The van der Waals surface area contributed by atoms with E-state index in [-0.39, 0.29) is 18.5 Å². The monoisotopic (exact) mass is 492 g/mol. The average Bonchev–Trinajstić information content (AvgIpc) is 2.86. The third-order valence-electron chi connectivity index (χ3n) is 6.83. The number of nitrogens with two attached hydrogens (primary N) is 2. The second kappa shape index (κ2) is 14.3. The molecule has 1 saturated carbocycles. The third-order valence-corrected chi connectivity index (χ3v) is 6.83. The van der Waals surface area contributed by atoms with Crippen LogP contribution in [0.15, 0.2) is 48.5 Å². The number of nitrogen functional groups attached to an aromatic ring is 2. The van der Waals surface area contributed by atoms with Crippen LogP contribution < -0.4 is 16.2 Å². The maximum atomic E-state index is 12.6. The molecule has 0 saturated heterocycles. The summed E-state index contributed by atoms with van der Waals surface area (Å²) in [5, 5.41) is 0. The molecule has 6 nitrogen and oxygen atoms in total. The fraction of sp³-hybridized carbons (Fsp3) is 0.467. The minimum Gasteiger partial charge on any atom is -0.462 e. The van der Waals surface area contributed by atoms with Gasteiger partial charge >= 0.3 is 11.9 Å². The molecular weight excluding hydrogens is 452 g/mol. The Hall–Kier alpha value is -3.28. The van der Waals surface area contributed by atoms with E-state index in [9.17, 15) is 9.59 Å². The van der Waals surface area contributed by atoms with Crippen LogP contribution in [0.5, 0.6) is 5.75 Å². The molecule has 0 aliphatic heterocycles. The molecule has 194 valence electrons. The second-order valence-corrected chi connectivity index (χ2v) is 9.82. The summed E-state index contributed by atoms with van der Waals surface area (Å²) in [6.07, 6.45) is 14.2. The van der Waals surface area contributed by atoms with Gasteiger partial charge in [-0.2, -0.15) is 0 Å². The lowest BCUT2D eigenvalue weighted by Gasteiger charge is -2.27. The molecule has 0 unspecified atom stereocenters. The SMILES string of the molecule is CCCCCCC1CCC(C(=O)Oc2ccc(/C=C/C(=O)OCCc3cc(N)cc(N)c3)cc2)CC1. The maximum absolute atomic E-state index is 12.6. The number of rotatable bonds is 12. The number of hydrogen-bond donors (Lipinski definition) is 2. The molecule has 1 fully saturated rings. The molecule has 0 spiro atoms. The van der Waals surface area contributed by atoms with Crippen molar-refractivity contribution in [2.75, 3.05) is 18.1 Å². The molecule has 4 N–H and O–H groups in total. The van der Waals surface area contributed by atoms with Crippen LogP contribution in [0, 0.1) is 11.8 Å². The Morgan fingerprint density at radius 3 is 2.31 bits per heavy atom. The standard InChI is InChI=1S/C30H40N2O4/c1-2-3-4-5-6-22-7-12-25(13-8-22)30(34)36-28-14-9-23(10-15-28)11-16-29(33)35-18-17-24-19-26(31)21-27(32)20-24/h9-11,14-16,19-22,25H,2-8,12-13,17-18,31-32H2,1H3/b16-11+. The van der Waals surface area contributed by atoms with E-state index in [1.165, 1.54) is 38.2 Å². The van der Waals surface area contributed by atoms with E-state index in [1.54, 1.807) is 24.3 Å². The van der Waals surface area contributed by atoms with Crippen molar-refractivity contribution in [1.82, 2.24) is 0 Å². The van der Waals surface area contributed by atoms with Gasteiger partial charge in [-0.3, -0.25) is 4.79 Å². The van der Waals surface area contributed by atoms with E-state index in [1.807, 2.05) is 24.3 Å². The Balaban J connectivity index is 1.36. The fourth-order valence-electron chi connectivity index (χ4n) is 4.76. The van der Waals surface area contributed by atoms with Crippen molar-refractivity contribution in [3.63, 3.8) is 0 Å². The van der Waals surface area contributed by atoms with Crippen LogP contribution in [0.1, 0.15) is 75.8 Å². The lowest BCUT2D eigenvalue weighted by atomic mass is 9.80. The first-order chi connectivity index (χ1) is 17.4. The summed E-state index contributed by atoms with van der Waals surface area (Å²) in [6, 6.07) is 12.5. The number of benzene rings is 2. The van der Waals surface area contributed by atoms with Gasteiger partial charge < -0.3 is 20.9 Å². The Labute approximate surface area is 215 Å². The Bertz CT molecular complexity index is 988. The van der Waals surface area contributed by atoms with Crippen molar-refractivity contribution in [2.24, 2.45) is 11.8 Å². The molecule has 2 aromatic rings. The number of ether oxygens (including phenoxy) is 2. The van der Waals surface area contributed by atoms with Gasteiger partial charge in [-0.05, 0) is 79.1 Å². The van der Waals surface area contributed by atoms with Crippen LogP contribution in [0.2, 0.25) is 0 Å². The van der Waals surface area contributed by atoms with Gasteiger partial charge in [0.1, 0.15) is 5.75 Å². The van der Waals surface area contributed by atoms with E-state index in [0.717, 1.165) is 42.7 Å². The lowest BCUT2D eigenvalue weighted by molar-refractivity contribution is -0.140. The van der Waals surface area contributed by atoms with Crippen molar-refractivity contribution >= 4 is 29.4 Å². The maximum Gasteiger partial charge on any atom is 0.330 e. The van der Waals surface area contributed by atoms with E-state index in [2.05, 4.69) is 6.92 Å². The minimum absolute atomic E-state index is 0.00463. The van der Waals surface area contributed by atoms with Crippen molar-refractivity contribution in [3.8, 4) is 5.75 Å². The highest BCUT2D eigenvalue weighted by Gasteiger charge is 2.27. The quantitative estimate of drug-likeness (QED) is 0.118. The van der Waals surface area contributed by atoms with Crippen LogP contribution >= 0.6 is 0 Å². The molecule has 0 bridgehead atoms. The highest BCUT2D eigenvalue weighted by atomic mass is 16.5. The summed E-state index contributed by atoms with van der Waals surface area (Å²) < 4.78 is 10.9. The second-order valence-electron chi connectivity index (χ2n) is 9.82. The number of unbranched alkanes of at least 4 members (excludes halogenated alkanes) is 3. The normalized spacial score (nSPS) is 17.7. The minimum atomic E-state index is -0.427. The number of anilines is 2. The first-order valence-corrected chi connectivity index (χ1v) is 13.2. The van der Waals surface area contributed by atoms with Gasteiger partial charge in [-0.15, -0.1) is 0 Å². The molecule has 0 aromatic heterocycles.